The summed E-state index contributed by atoms with van der Waals surface area (Å²) >= 11 is 1.84. The van der Waals surface area contributed by atoms with Gasteiger partial charge >= 0.3 is 0 Å². The second-order valence-electron chi connectivity index (χ2n) is 15.0. The summed E-state index contributed by atoms with van der Waals surface area (Å²) in [6.45, 7) is 0. The van der Waals surface area contributed by atoms with E-state index in [4.69, 9.17) is 9.97 Å². The Labute approximate surface area is 345 Å². The minimum absolute atomic E-state index is 0.649. The molecule has 0 saturated carbocycles. The molecule has 5 heteroatoms. The number of para-hydroxylation sites is 4. The number of nitrogens with zero attached hydrogens (tertiary/aromatic N) is 4. The van der Waals surface area contributed by atoms with E-state index in [0.717, 1.165) is 55.6 Å². The lowest BCUT2D eigenvalue weighted by Gasteiger charge is -2.33. The van der Waals surface area contributed by atoms with Gasteiger partial charge in [0.1, 0.15) is 0 Å². The fourth-order valence-corrected chi connectivity index (χ4v) is 10.0. The van der Waals surface area contributed by atoms with Gasteiger partial charge in [-0.3, -0.25) is 4.57 Å². The first-order valence-electron chi connectivity index (χ1n) is 19.9. The molecule has 3 heterocycles. The van der Waals surface area contributed by atoms with Gasteiger partial charge in [-0.2, -0.15) is 0 Å². The number of anilines is 3. The predicted octanol–water partition coefficient (Wildman–Crippen LogP) is 14.8. The standard InChI is InChI=1S/C54H34N4S/c1-3-16-36(17-4-1)52-43-23-9-10-26-45(43)55-54(56-52)58-48-32-29-35-15-7-8-22-41(35)51(48)44-25-14-24-42(53(44)58)39-19-13-18-37(33-39)38-30-31-47-50(34-38)59-49-28-12-11-27-46(49)57(47)40-20-5-2-6-21-40/h1-34H. The first kappa shape index (κ1) is 33.6. The van der Waals surface area contributed by atoms with Crippen LogP contribution in [0, 0.1) is 0 Å². The first-order valence-corrected chi connectivity index (χ1v) is 20.7. The SMILES string of the molecule is c1ccc(-c2nc(-n3c4ccc5ccccc5c4c4cccc(-c5cccc(-c6ccc7c(c6)Sc6ccccc6N7c6ccccc6)c5)c43)nc3ccccc23)cc1. The van der Waals surface area contributed by atoms with Crippen molar-refractivity contribution in [1.82, 2.24) is 14.5 Å². The van der Waals surface area contributed by atoms with Crippen molar-refractivity contribution in [2.24, 2.45) is 0 Å². The van der Waals surface area contributed by atoms with Crippen LogP contribution in [0.25, 0.3) is 82.9 Å². The van der Waals surface area contributed by atoms with Crippen molar-refractivity contribution >= 4 is 72.3 Å². The van der Waals surface area contributed by atoms with Gasteiger partial charge in [-0.15, -0.1) is 0 Å². The first-order chi connectivity index (χ1) is 29.3. The zero-order chi connectivity index (χ0) is 38.9. The van der Waals surface area contributed by atoms with Crippen molar-refractivity contribution in [2.75, 3.05) is 4.90 Å². The molecule has 0 bridgehead atoms. The van der Waals surface area contributed by atoms with Crippen molar-refractivity contribution in [3.63, 3.8) is 0 Å². The zero-order valence-corrected chi connectivity index (χ0v) is 32.6. The Bertz CT molecular complexity index is 3430. The summed E-state index contributed by atoms with van der Waals surface area (Å²) in [6.07, 6.45) is 0. The molecule has 276 valence electrons. The minimum atomic E-state index is 0.649. The third kappa shape index (κ3) is 5.47. The summed E-state index contributed by atoms with van der Waals surface area (Å²) in [4.78, 5) is 15.6. The predicted molar refractivity (Wildman–Crippen MR) is 246 cm³/mol. The highest BCUT2D eigenvalue weighted by Gasteiger charge is 2.26. The van der Waals surface area contributed by atoms with Gasteiger partial charge in [0.25, 0.3) is 0 Å². The maximum absolute atomic E-state index is 5.42. The Morgan fingerprint density at radius 3 is 2.00 bits per heavy atom. The average molecular weight is 771 g/mol. The third-order valence-electron chi connectivity index (χ3n) is 11.6. The number of aromatic nitrogens is 3. The van der Waals surface area contributed by atoms with Crippen LogP contribution >= 0.6 is 11.8 Å². The van der Waals surface area contributed by atoms with E-state index in [1.807, 2.05) is 17.8 Å². The van der Waals surface area contributed by atoms with Crippen LogP contribution in [-0.4, -0.2) is 14.5 Å². The van der Waals surface area contributed by atoms with Gasteiger partial charge in [-0.05, 0) is 82.1 Å². The molecule has 0 N–H and O–H groups in total. The summed E-state index contributed by atoms with van der Waals surface area (Å²) in [5, 5.41) is 5.81. The molecule has 0 aliphatic carbocycles. The molecule has 0 fully saturated rings. The second-order valence-corrected chi connectivity index (χ2v) is 16.1. The number of fused-ring (bicyclic) bond motifs is 8. The van der Waals surface area contributed by atoms with Crippen LogP contribution < -0.4 is 4.90 Å². The highest BCUT2D eigenvalue weighted by atomic mass is 32.2. The quantitative estimate of drug-likeness (QED) is 0.175. The molecule has 0 amide bonds. The molecule has 2 aromatic heterocycles. The molecule has 0 atom stereocenters. The lowest BCUT2D eigenvalue weighted by Crippen LogP contribution is -2.14. The Kier molecular flexibility index (Phi) is 7.75. The molecule has 4 nitrogen and oxygen atoms in total. The fraction of sp³-hybridized carbons (Fsp3) is 0. The van der Waals surface area contributed by atoms with Crippen LogP contribution in [0.5, 0.6) is 0 Å². The summed E-state index contributed by atoms with van der Waals surface area (Å²) in [6, 6.07) is 73.8. The van der Waals surface area contributed by atoms with Gasteiger partial charge in [0, 0.05) is 42.8 Å². The molecule has 1 aliphatic heterocycles. The maximum Gasteiger partial charge on any atom is 0.235 e. The highest BCUT2D eigenvalue weighted by Crippen LogP contribution is 2.52. The third-order valence-corrected chi connectivity index (χ3v) is 12.7. The van der Waals surface area contributed by atoms with E-state index < -0.39 is 0 Å². The van der Waals surface area contributed by atoms with Crippen LogP contribution in [0.3, 0.4) is 0 Å². The van der Waals surface area contributed by atoms with E-state index in [-0.39, 0.29) is 0 Å². The van der Waals surface area contributed by atoms with Gasteiger partial charge in [0.15, 0.2) is 0 Å². The normalized spacial score (nSPS) is 12.3. The van der Waals surface area contributed by atoms with Crippen molar-refractivity contribution in [3.05, 3.63) is 206 Å². The van der Waals surface area contributed by atoms with Gasteiger partial charge in [0.2, 0.25) is 5.95 Å². The Morgan fingerprint density at radius 2 is 1.10 bits per heavy atom. The molecule has 0 radical (unpaired) electrons. The molecule has 0 spiro atoms. The van der Waals surface area contributed by atoms with Crippen LogP contribution in [0.4, 0.5) is 17.1 Å². The van der Waals surface area contributed by atoms with Crippen LogP contribution in [-0.2, 0) is 0 Å². The van der Waals surface area contributed by atoms with Gasteiger partial charge in [0.05, 0.1) is 33.6 Å². The van der Waals surface area contributed by atoms with E-state index >= 15 is 0 Å². The Morgan fingerprint density at radius 1 is 0.424 bits per heavy atom. The highest BCUT2D eigenvalue weighted by molar-refractivity contribution is 7.99. The number of hydrogen-bond donors (Lipinski definition) is 0. The number of hydrogen-bond acceptors (Lipinski definition) is 4. The summed E-state index contributed by atoms with van der Waals surface area (Å²) in [7, 11) is 0. The molecule has 0 unspecified atom stereocenters. The van der Waals surface area contributed by atoms with E-state index in [0.29, 0.717) is 5.95 Å². The van der Waals surface area contributed by atoms with Crippen molar-refractivity contribution in [1.29, 1.82) is 0 Å². The largest absolute Gasteiger partial charge is 0.308 e. The molecule has 9 aromatic carbocycles. The van der Waals surface area contributed by atoms with Gasteiger partial charge in [-0.25, -0.2) is 9.97 Å². The lowest BCUT2D eigenvalue weighted by atomic mass is 9.96. The summed E-state index contributed by atoms with van der Waals surface area (Å²) in [5.74, 6) is 0.649. The van der Waals surface area contributed by atoms with E-state index in [9.17, 15) is 0 Å². The van der Waals surface area contributed by atoms with Crippen LogP contribution in [0.15, 0.2) is 216 Å². The molecule has 59 heavy (non-hydrogen) atoms. The summed E-state index contributed by atoms with van der Waals surface area (Å²) in [5.41, 5.74) is 13.2. The molecule has 1 aliphatic rings. The molecular weight excluding hydrogens is 737 g/mol. The topological polar surface area (TPSA) is 34.0 Å². The maximum atomic E-state index is 5.42. The monoisotopic (exact) mass is 770 g/mol. The van der Waals surface area contributed by atoms with E-state index in [1.165, 1.54) is 48.3 Å². The smallest absolute Gasteiger partial charge is 0.235 e. The Hall–Kier alpha value is -7.47. The second kappa shape index (κ2) is 13.6. The van der Waals surface area contributed by atoms with Gasteiger partial charge < -0.3 is 4.90 Å². The number of rotatable bonds is 5. The Balaban J connectivity index is 1.07. The van der Waals surface area contributed by atoms with E-state index in [1.54, 1.807) is 0 Å². The summed E-state index contributed by atoms with van der Waals surface area (Å²) < 4.78 is 2.29. The van der Waals surface area contributed by atoms with Crippen molar-refractivity contribution < 1.29 is 0 Å². The molecule has 12 rings (SSSR count). The minimum Gasteiger partial charge on any atom is -0.308 e. The van der Waals surface area contributed by atoms with Gasteiger partial charge in [-0.1, -0.05) is 163 Å². The molecule has 0 saturated heterocycles. The van der Waals surface area contributed by atoms with E-state index in [2.05, 4.69) is 210 Å². The lowest BCUT2D eigenvalue weighted by molar-refractivity contribution is 1.01. The fourth-order valence-electron chi connectivity index (χ4n) is 8.92. The zero-order valence-electron chi connectivity index (χ0n) is 31.8. The average Bonchev–Trinajstić information content (AvgIpc) is 3.66. The van der Waals surface area contributed by atoms with Crippen molar-refractivity contribution in [2.45, 2.75) is 9.79 Å². The molecular formula is C54H34N4S. The number of benzene rings is 9. The molecule has 11 aromatic rings. The van der Waals surface area contributed by atoms with Crippen LogP contribution in [0.1, 0.15) is 0 Å². The van der Waals surface area contributed by atoms with Crippen LogP contribution in [0.2, 0.25) is 0 Å². The van der Waals surface area contributed by atoms with Crippen molar-refractivity contribution in [3.8, 4) is 39.5 Å².